The first kappa shape index (κ1) is 14.4. The Balaban J connectivity index is 2.04. The van der Waals surface area contributed by atoms with E-state index in [1.807, 2.05) is 0 Å². The van der Waals surface area contributed by atoms with Crippen molar-refractivity contribution >= 4 is 5.69 Å². The highest BCUT2D eigenvalue weighted by Crippen LogP contribution is 2.27. The van der Waals surface area contributed by atoms with Gasteiger partial charge < -0.3 is 10.6 Å². The molecule has 2 rings (SSSR count). The van der Waals surface area contributed by atoms with Crippen LogP contribution in [0.1, 0.15) is 45.6 Å². The number of benzene rings is 1. The first-order chi connectivity index (χ1) is 9.10. The van der Waals surface area contributed by atoms with Crippen LogP contribution in [-0.2, 0) is 6.42 Å². The zero-order chi connectivity index (χ0) is 13.8. The van der Waals surface area contributed by atoms with Gasteiger partial charge in [-0.2, -0.15) is 0 Å². The molecule has 1 aliphatic heterocycles. The van der Waals surface area contributed by atoms with Crippen LogP contribution in [0.2, 0.25) is 0 Å². The monoisotopic (exact) mass is 260 g/mol. The lowest BCUT2D eigenvalue weighted by Gasteiger charge is -2.38. The zero-order valence-electron chi connectivity index (χ0n) is 12.6. The zero-order valence-corrected chi connectivity index (χ0v) is 12.6. The molecule has 2 nitrogen and oxygen atoms in total. The second-order valence-electron chi connectivity index (χ2n) is 6.22. The second-order valence-corrected chi connectivity index (χ2v) is 6.22. The molecule has 0 amide bonds. The van der Waals surface area contributed by atoms with Crippen LogP contribution >= 0.6 is 0 Å². The molecule has 1 heterocycles. The van der Waals surface area contributed by atoms with E-state index in [0.717, 1.165) is 18.8 Å². The standard InChI is InChI=1S/C17H28N2/c1-4-16(18)11-15-7-9-17(10-8-15)19-12-13(2)5-6-14(19)3/h7-10,13-14,16H,4-6,11-12,18H2,1-3H3. The lowest BCUT2D eigenvalue weighted by Crippen LogP contribution is -2.41. The van der Waals surface area contributed by atoms with Crippen LogP contribution in [0.25, 0.3) is 0 Å². The minimum atomic E-state index is 0.291. The largest absolute Gasteiger partial charge is 0.369 e. The highest BCUT2D eigenvalue weighted by atomic mass is 15.2. The van der Waals surface area contributed by atoms with Crippen molar-refractivity contribution in [2.24, 2.45) is 11.7 Å². The van der Waals surface area contributed by atoms with Gasteiger partial charge in [-0.3, -0.25) is 0 Å². The Bertz CT molecular complexity index is 385. The molecular formula is C17H28N2. The number of hydrogen-bond acceptors (Lipinski definition) is 2. The summed E-state index contributed by atoms with van der Waals surface area (Å²) < 4.78 is 0. The normalized spacial score (nSPS) is 25.4. The van der Waals surface area contributed by atoms with Crippen LogP contribution in [0.4, 0.5) is 5.69 Å². The van der Waals surface area contributed by atoms with Crippen LogP contribution in [0.3, 0.4) is 0 Å². The summed E-state index contributed by atoms with van der Waals surface area (Å²) in [4.78, 5) is 2.55. The van der Waals surface area contributed by atoms with Gasteiger partial charge in [0.25, 0.3) is 0 Å². The Labute approximate surface area is 118 Å². The molecule has 0 spiro atoms. The number of nitrogens with zero attached hydrogens (tertiary/aromatic N) is 1. The Hall–Kier alpha value is -1.02. The molecule has 0 bridgehead atoms. The van der Waals surface area contributed by atoms with Gasteiger partial charge in [-0.15, -0.1) is 0 Å². The van der Waals surface area contributed by atoms with E-state index >= 15 is 0 Å². The molecule has 3 unspecified atom stereocenters. The topological polar surface area (TPSA) is 29.3 Å². The smallest absolute Gasteiger partial charge is 0.0368 e. The van der Waals surface area contributed by atoms with Gasteiger partial charge in [-0.25, -0.2) is 0 Å². The molecule has 0 aliphatic carbocycles. The Kier molecular flexibility index (Phi) is 4.87. The van der Waals surface area contributed by atoms with Crippen molar-refractivity contribution in [1.29, 1.82) is 0 Å². The highest BCUT2D eigenvalue weighted by molar-refractivity contribution is 5.49. The molecule has 19 heavy (non-hydrogen) atoms. The quantitative estimate of drug-likeness (QED) is 0.896. The molecule has 0 saturated carbocycles. The minimum absolute atomic E-state index is 0.291. The molecule has 2 N–H and O–H groups in total. The maximum Gasteiger partial charge on any atom is 0.0368 e. The van der Waals surface area contributed by atoms with Crippen molar-refractivity contribution < 1.29 is 0 Å². The van der Waals surface area contributed by atoms with Gasteiger partial charge in [-0.05, 0) is 56.2 Å². The third-order valence-electron chi connectivity index (χ3n) is 4.41. The first-order valence-electron chi connectivity index (χ1n) is 7.71. The van der Waals surface area contributed by atoms with E-state index in [2.05, 4.69) is 49.9 Å². The molecule has 1 aromatic carbocycles. The summed E-state index contributed by atoms with van der Waals surface area (Å²) in [6.45, 7) is 8.03. The maximum absolute atomic E-state index is 6.02. The summed E-state index contributed by atoms with van der Waals surface area (Å²) in [5.74, 6) is 0.810. The summed E-state index contributed by atoms with van der Waals surface area (Å²) in [5, 5.41) is 0. The number of piperidine rings is 1. The SMILES string of the molecule is CCC(N)Cc1ccc(N2CC(C)CCC2C)cc1. The Morgan fingerprint density at radius 2 is 1.89 bits per heavy atom. The maximum atomic E-state index is 6.02. The van der Waals surface area contributed by atoms with Crippen molar-refractivity contribution in [3.05, 3.63) is 29.8 Å². The molecule has 1 fully saturated rings. The molecule has 0 aromatic heterocycles. The van der Waals surface area contributed by atoms with Gasteiger partial charge in [0.2, 0.25) is 0 Å². The van der Waals surface area contributed by atoms with Crippen molar-refractivity contribution in [1.82, 2.24) is 0 Å². The summed E-state index contributed by atoms with van der Waals surface area (Å²) in [5.41, 5.74) is 8.74. The summed E-state index contributed by atoms with van der Waals surface area (Å²) in [7, 11) is 0. The molecule has 1 saturated heterocycles. The molecule has 2 heteroatoms. The number of anilines is 1. The molecular weight excluding hydrogens is 232 g/mol. The van der Waals surface area contributed by atoms with Gasteiger partial charge in [0.1, 0.15) is 0 Å². The van der Waals surface area contributed by atoms with E-state index < -0.39 is 0 Å². The third-order valence-corrected chi connectivity index (χ3v) is 4.41. The number of hydrogen-bond donors (Lipinski definition) is 1. The van der Waals surface area contributed by atoms with E-state index in [-0.39, 0.29) is 0 Å². The predicted octanol–water partition coefficient (Wildman–Crippen LogP) is 3.59. The van der Waals surface area contributed by atoms with Crippen molar-refractivity contribution in [2.75, 3.05) is 11.4 Å². The van der Waals surface area contributed by atoms with Crippen LogP contribution in [-0.4, -0.2) is 18.6 Å². The van der Waals surface area contributed by atoms with E-state index in [4.69, 9.17) is 5.73 Å². The average Bonchev–Trinajstić information content (AvgIpc) is 2.42. The number of nitrogens with two attached hydrogens (primary N) is 1. The van der Waals surface area contributed by atoms with Gasteiger partial charge in [0.05, 0.1) is 0 Å². The number of rotatable bonds is 4. The van der Waals surface area contributed by atoms with E-state index in [9.17, 15) is 0 Å². The van der Waals surface area contributed by atoms with Gasteiger partial charge in [-0.1, -0.05) is 26.0 Å². The predicted molar refractivity (Wildman–Crippen MR) is 83.6 cm³/mol. The van der Waals surface area contributed by atoms with E-state index in [0.29, 0.717) is 12.1 Å². The van der Waals surface area contributed by atoms with Crippen molar-refractivity contribution in [3.63, 3.8) is 0 Å². The lowest BCUT2D eigenvalue weighted by molar-refractivity contribution is 0.390. The summed E-state index contributed by atoms with van der Waals surface area (Å²) >= 11 is 0. The van der Waals surface area contributed by atoms with Crippen LogP contribution in [0, 0.1) is 5.92 Å². The molecule has 0 radical (unpaired) electrons. The van der Waals surface area contributed by atoms with Gasteiger partial charge in [0.15, 0.2) is 0 Å². The van der Waals surface area contributed by atoms with Crippen LogP contribution in [0.15, 0.2) is 24.3 Å². The molecule has 106 valence electrons. The van der Waals surface area contributed by atoms with Crippen LogP contribution < -0.4 is 10.6 Å². The van der Waals surface area contributed by atoms with Crippen molar-refractivity contribution in [2.45, 2.75) is 58.5 Å². The lowest BCUT2D eigenvalue weighted by atomic mass is 9.94. The van der Waals surface area contributed by atoms with E-state index in [1.54, 1.807) is 0 Å². The Morgan fingerprint density at radius 3 is 2.53 bits per heavy atom. The third kappa shape index (κ3) is 3.73. The Morgan fingerprint density at radius 1 is 1.21 bits per heavy atom. The molecule has 1 aromatic rings. The van der Waals surface area contributed by atoms with Crippen molar-refractivity contribution in [3.8, 4) is 0 Å². The molecule has 1 aliphatic rings. The second kappa shape index (κ2) is 6.42. The minimum Gasteiger partial charge on any atom is -0.369 e. The summed E-state index contributed by atoms with van der Waals surface area (Å²) in [6, 6.07) is 9.99. The fourth-order valence-corrected chi connectivity index (χ4v) is 2.92. The van der Waals surface area contributed by atoms with Crippen LogP contribution in [0.5, 0.6) is 0 Å². The highest BCUT2D eigenvalue weighted by Gasteiger charge is 2.22. The fourth-order valence-electron chi connectivity index (χ4n) is 2.92. The molecule has 3 atom stereocenters. The summed E-state index contributed by atoms with van der Waals surface area (Å²) in [6.07, 6.45) is 4.70. The fraction of sp³-hybridized carbons (Fsp3) is 0.647. The van der Waals surface area contributed by atoms with Gasteiger partial charge >= 0.3 is 0 Å². The van der Waals surface area contributed by atoms with Gasteiger partial charge in [0, 0.05) is 24.3 Å². The first-order valence-corrected chi connectivity index (χ1v) is 7.71. The van der Waals surface area contributed by atoms with E-state index in [1.165, 1.54) is 30.6 Å². The average molecular weight is 260 g/mol.